The van der Waals surface area contributed by atoms with E-state index in [1.54, 1.807) is 30.3 Å². The quantitative estimate of drug-likeness (QED) is 0.343. The second-order valence-electron chi connectivity index (χ2n) is 7.66. The van der Waals surface area contributed by atoms with Gasteiger partial charge in [0, 0.05) is 11.3 Å². The highest BCUT2D eigenvalue weighted by atomic mass is 16.5. The lowest BCUT2D eigenvalue weighted by molar-refractivity contribution is -0.142. The van der Waals surface area contributed by atoms with Crippen LogP contribution in [0.5, 0.6) is 5.75 Å². The lowest BCUT2D eigenvalue weighted by atomic mass is 9.85. The fourth-order valence-electron chi connectivity index (χ4n) is 3.89. The van der Waals surface area contributed by atoms with Crippen molar-refractivity contribution in [3.8, 4) is 23.2 Å². The summed E-state index contributed by atoms with van der Waals surface area (Å²) in [7, 11) is 0. The number of aromatic nitrogens is 2. The summed E-state index contributed by atoms with van der Waals surface area (Å²) in [5.74, 6) is 0.178. The molecular weight excluding hydrogens is 416 g/mol. The Morgan fingerprint density at radius 2 is 1.91 bits per heavy atom. The Balaban J connectivity index is 1.85. The molecule has 3 aromatic carbocycles. The Morgan fingerprint density at radius 3 is 2.55 bits per heavy atom. The van der Waals surface area contributed by atoms with E-state index < -0.39 is 11.5 Å². The summed E-state index contributed by atoms with van der Waals surface area (Å²) in [5.41, 5.74) is 2.69. The standard InChI is InChI=1S/C26H24N4O3/c1-3-26(25(31)32,30-20-11-9-17(16-27)10-12-20)19-13-18(14-21(15-19)33-4-2)24-28-22-7-5-6-8-23(22)29-24/h5-15,30H,3-4H2,1-2H3,(H,28,29)(H,31,32). The average molecular weight is 441 g/mol. The van der Waals surface area contributed by atoms with Gasteiger partial charge in [0.25, 0.3) is 0 Å². The number of carboxylic acids is 1. The van der Waals surface area contributed by atoms with E-state index in [1.165, 1.54) is 0 Å². The van der Waals surface area contributed by atoms with E-state index in [-0.39, 0.29) is 6.42 Å². The number of aliphatic carboxylic acids is 1. The van der Waals surface area contributed by atoms with Gasteiger partial charge in [0.1, 0.15) is 11.6 Å². The van der Waals surface area contributed by atoms with Crippen LogP contribution in [-0.2, 0) is 10.3 Å². The minimum Gasteiger partial charge on any atom is -0.494 e. The van der Waals surface area contributed by atoms with Crippen molar-refractivity contribution in [3.05, 3.63) is 77.9 Å². The maximum absolute atomic E-state index is 12.7. The first kappa shape index (κ1) is 21.9. The van der Waals surface area contributed by atoms with Crippen molar-refractivity contribution in [1.29, 1.82) is 5.26 Å². The summed E-state index contributed by atoms with van der Waals surface area (Å²) in [5, 5.41) is 22.6. The monoisotopic (exact) mass is 440 g/mol. The zero-order chi connectivity index (χ0) is 23.4. The number of nitriles is 1. The molecule has 4 rings (SSSR count). The molecule has 1 heterocycles. The highest BCUT2D eigenvalue weighted by Crippen LogP contribution is 2.36. The predicted molar refractivity (Wildman–Crippen MR) is 127 cm³/mol. The topological polar surface area (TPSA) is 111 Å². The van der Waals surface area contributed by atoms with Crippen LogP contribution in [0.4, 0.5) is 5.69 Å². The van der Waals surface area contributed by atoms with Gasteiger partial charge < -0.3 is 20.1 Å². The van der Waals surface area contributed by atoms with Crippen LogP contribution in [0.25, 0.3) is 22.4 Å². The summed E-state index contributed by atoms with van der Waals surface area (Å²) < 4.78 is 5.78. The SMILES string of the molecule is CCOc1cc(-c2nc3ccccc3[nH]2)cc(C(CC)(Nc2ccc(C#N)cc2)C(=O)O)c1. The van der Waals surface area contributed by atoms with Crippen molar-refractivity contribution < 1.29 is 14.6 Å². The number of imidazole rings is 1. The summed E-state index contributed by atoms with van der Waals surface area (Å²) in [6.45, 7) is 4.14. The number of H-pyrrole nitrogens is 1. The van der Waals surface area contributed by atoms with Crippen molar-refractivity contribution in [3.63, 3.8) is 0 Å². The normalized spacial score (nSPS) is 12.6. The van der Waals surface area contributed by atoms with Crippen molar-refractivity contribution in [2.45, 2.75) is 25.8 Å². The number of hydrogen-bond acceptors (Lipinski definition) is 5. The average Bonchev–Trinajstić information content (AvgIpc) is 3.27. The molecule has 0 radical (unpaired) electrons. The van der Waals surface area contributed by atoms with Gasteiger partial charge in [-0.1, -0.05) is 19.1 Å². The largest absolute Gasteiger partial charge is 0.494 e. The number of aromatic amines is 1. The Labute approximate surface area is 191 Å². The summed E-state index contributed by atoms with van der Waals surface area (Å²) >= 11 is 0. The number of fused-ring (bicyclic) bond motifs is 1. The number of nitrogens with zero attached hydrogens (tertiary/aromatic N) is 2. The number of benzene rings is 3. The van der Waals surface area contributed by atoms with Crippen LogP contribution in [0.2, 0.25) is 0 Å². The first-order chi connectivity index (χ1) is 16.0. The van der Waals surface area contributed by atoms with Crippen LogP contribution >= 0.6 is 0 Å². The number of anilines is 1. The summed E-state index contributed by atoms with van der Waals surface area (Å²) in [6.07, 6.45) is 0.275. The van der Waals surface area contributed by atoms with Gasteiger partial charge in [0.05, 0.1) is 29.3 Å². The Morgan fingerprint density at radius 1 is 1.15 bits per heavy atom. The van der Waals surface area contributed by atoms with Crippen LogP contribution in [-0.4, -0.2) is 27.7 Å². The maximum Gasteiger partial charge on any atom is 0.334 e. The number of rotatable bonds is 8. The highest BCUT2D eigenvalue weighted by molar-refractivity contribution is 5.86. The lowest BCUT2D eigenvalue weighted by Crippen LogP contribution is -2.43. The van der Waals surface area contributed by atoms with Crippen LogP contribution in [0.15, 0.2) is 66.7 Å². The third-order valence-corrected chi connectivity index (χ3v) is 5.64. The van der Waals surface area contributed by atoms with E-state index in [0.29, 0.717) is 35.0 Å². The molecule has 0 aliphatic heterocycles. The molecule has 0 aliphatic carbocycles. The van der Waals surface area contributed by atoms with Gasteiger partial charge >= 0.3 is 5.97 Å². The van der Waals surface area contributed by atoms with Crippen LogP contribution < -0.4 is 10.1 Å². The van der Waals surface area contributed by atoms with E-state index >= 15 is 0 Å². The van der Waals surface area contributed by atoms with E-state index in [0.717, 1.165) is 16.6 Å². The van der Waals surface area contributed by atoms with Gasteiger partial charge in [-0.05, 0) is 73.5 Å². The molecule has 1 unspecified atom stereocenters. The molecule has 4 aromatic rings. The molecule has 0 bridgehead atoms. The molecule has 0 saturated heterocycles. The zero-order valence-electron chi connectivity index (χ0n) is 18.4. The fraction of sp³-hybridized carbons (Fsp3) is 0.192. The molecule has 7 heteroatoms. The van der Waals surface area contributed by atoms with Gasteiger partial charge in [0.2, 0.25) is 0 Å². The smallest absolute Gasteiger partial charge is 0.334 e. The van der Waals surface area contributed by atoms with Gasteiger partial charge in [0.15, 0.2) is 5.54 Å². The maximum atomic E-state index is 12.7. The third kappa shape index (κ3) is 4.23. The van der Waals surface area contributed by atoms with Crippen molar-refractivity contribution >= 4 is 22.7 Å². The van der Waals surface area contributed by atoms with Crippen molar-refractivity contribution in [2.75, 3.05) is 11.9 Å². The summed E-state index contributed by atoms with van der Waals surface area (Å²) in [4.78, 5) is 20.6. The Kier molecular flexibility index (Phi) is 6.01. The number of nitrogens with one attached hydrogen (secondary N) is 2. The van der Waals surface area contributed by atoms with Crippen molar-refractivity contribution in [1.82, 2.24) is 9.97 Å². The van der Waals surface area contributed by atoms with E-state index in [9.17, 15) is 9.90 Å². The molecule has 0 aliphatic rings. The Hall–Kier alpha value is -4.31. The highest BCUT2D eigenvalue weighted by Gasteiger charge is 2.39. The minimum absolute atomic E-state index is 0.275. The second-order valence-corrected chi connectivity index (χ2v) is 7.66. The molecule has 3 N–H and O–H groups in total. The molecule has 166 valence electrons. The zero-order valence-corrected chi connectivity index (χ0v) is 18.4. The predicted octanol–water partition coefficient (Wildman–Crippen LogP) is 5.30. The molecule has 1 aromatic heterocycles. The molecular formula is C26H24N4O3. The minimum atomic E-state index is -1.41. The van der Waals surface area contributed by atoms with Crippen LogP contribution in [0.3, 0.4) is 0 Å². The van der Waals surface area contributed by atoms with E-state index in [2.05, 4.69) is 21.4 Å². The van der Waals surface area contributed by atoms with Gasteiger partial charge in [-0.2, -0.15) is 5.26 Å². The second kappa shape index (κ2) is 9.05. The van der Waals surface area contributed by atoms with E-state index in [1.807, 2.05) is 50.2 Å². The van der Waals surface area contributed by atoms with Crippen LogP contribution in [0, 0.1) is 11.3 Å². The molecule has 1 atom stereocenters. The van der Waals surface area contributed by atoms with Crippen molar-refractivity contribution in [2.24, 2.45) is 0 Å². The number of carbonyl (C=O) groups is 1. The first-order valence-corrected chi connectivity index (χ1v) is 10.7. The first-order valence-electron chi connectivity index (χ1n) is 10.7. The van der Waals surface area contributed by atoms with E-state index in [4.69, 9.17) is 10.00 Å². The fourth-order valence-corrected chi connectivity index (χ4v) is 3.89. The number of hydrogen-bond donors (Lipinski definition) is 3. The van der Waals surface area contributed by atoms with Gasteiger partial charge in [-0.15, -0.1) is 0 Å². The molecule has 0 amide bonds. The third-order valence-electron chi connectivity index (χ3n) is 5.64. The molecule has 7 nitrogen and oxygen atoms in total. The van der Waals surface area contributed by atoms with Crippen LogP contribution in [0.1, 0.15) is 31.4 Å². The van der Waals surface area contributed by atoms with Gasteiger partial charge in [-0.25, -0.2) is 9.78 Å². The molecule has 33 heavy (non-hydrogen) atoms. The summed E-state index contributed by atoms with van der Waals surface area (Å²) in [6, 6.07) is 21.9. The molecule has 0 spiro atoms. The number of ether oxygens (including phenoxy) is 1. The number of carboxylic acid groups (broad SMARTS) is 1. The van der Waals surface area contributed by atoms with Gasteiger partial charge in [-0.3, -0.25) is 0 Å². The molecule has 0 saturated carbocycles. The molecule has 0 fully saturated rings. The Bertz CT molecular complexity index is 1300. The number of para-hydroxylation sites is 2. The lowest BCUT2D eigenvalue weighted by Gasteiger charge is -2.32.